The quantitative estimate of drug-likeness (QED) is 0.0696. The second kappa shape index (κ2) is 18.9. The van der Waals surface area contributed by atoms with Gasteiger partial charge in [0, 0.05) is 78.9 Å². The second-order valence-corrected chi connectivity index (χ2v) is 15.4. The van der Waals surface area contributed by atoms with Gasteiger partial charge >= 0.3 is 0 Å². The van der Waals surface area contributed by atoms with Crippen LogP contribution in [0, 0.1) is 5.82 Å². The number of rotatable bonds is 16. The van der Waals surface area contributed by atoms with E-state index in [9.17, 15) is 18.8 Å². The van der Waals surface area contributed by atoms with Crippen LogP contribution in [0.5, 0.6) is 5.75 Å². The minimum atomic E-state index is -0.697. The molecule has 0 radical (unpaired) electrons. The van der Waals surface area contributed by atoms with Gasteiger partial charge in [-0.05, 0) is 61.6 Å². The topological polar surface area (TPSA) is 166 Å². The Morgan fingerprint density at radius 2 is 1.83 bits per heavy atom. The number of hydrogen-bond donors (Lipinski definition) is 3. The van der Waals surface area contributed by atoms with E-state index in [1.165, 1.54) is 23.3 Å². The minimum absolute atomic E-state index is 0.0619. The lowest BCUT2D eigenvalue weighted by Gasteiger charge is -2.32. The average molecular weight is 838 g/mol. The average Bonchev–Trinajstić information content (AvgIpc) is 3.88. The first kappa shape index (κ1) is 41.4. The van der Waals surface area contributed by atoms with Crippen LogP contribution in [0.1, 0.15) is 67.9 Å². The third-order valence-corrected chi connectivity index (χ3v) is 11.6. The van der Waals surface area contributed by atoms with Crippen LogP contribution in [-0.4, -0.2) is 94.4 Å². The number of imide groups is 1. The molecule has 0 bridgehead atoms. The molecule has 3 aliphatic heterocycles. The Bertz CT molecular complexity index is 2130. The highest BCUT2D eigenvalue weighted by Gasteiger charge is 2.35. The van der Waals surface area contributed by atoms with Gasteiger partial charge in [0.25, 0.3) is 0 Å². The number of ether oxygens (including phenoxy) is 3. The number of nitrogen functional groups attached to an aromatic ring is 1. The second-order valence-electron chi connectivity index (χ2n) is 14.7. The maximum atomic E-state index is 14.1. The Labute approximate surface area is 346 Å². The van der Waals surface area contributed by atoms with Gasteiger partial charge in [-0.1, -0.05) is 35.3 Å². The van der Waals surface area contributed by atoms with Crippen molar-refractivity contribution in [3.05, 3.63) is 87.5 Å². The zero-order valence-corrected chi connectivity index (χ0v) is 33.7. The van der Waals surface area contributed by atoms with Gasteiger partial charge < -0.3 is 30.2 Å². The van der Waals surface area contributed by atoms with E-state index < -0.39 is 11.9 Å². The van der Waals surface area contributed by atoms with Crippen LogP contribution in [0.15, 0.2) is 55.0 Å². The molecule has 5 heterocycles. The number of carbonyl (C=O) groups is 3. The van der Waals surface area contributed by atoms with Crippen LogP contribution in [0.2, 0.25) is 10.0 Å². The summed E-state index contributed by atoms with van der Waals surface area (Å²) in [7, 11) is 0. The SMILES string of the molecule is C[C@@H](Oc1cc(-c2cnn(C3CCN(C(=O)CCOCCOCCNc4cccc5c4CN(C4CCC(=O)NC4=O)C5)CC3)c2)cnc1N)c1c(Cl)ccc(F)c1Cl. The van der Waals surface area contributed by atoms with E-state index in [4.69, 9.17) is 43.1 Å². The molecule has 2 aromatic heterocycles. The van der Waals surface area contributed by atoms with E-state index >= 15 is 0 Å². The molecule has 4 N–H and O–H groups in total. The number of fused-ring (bicyclic) bond motifs is 1. The third kappa shape index (κ3) is 9.72. The van der Waals surface area contributed by atoms with Gasteiger partial charge in [-0.15, -0.1) is 0 Å². The van der Waals surface area contributed by atoms with Crippen LogP contribution >= 0.6 is 23.2 Å². The van der Waals surface area contributed by atoms with Crippen LogP contribution in [0.25, 0.3) is 11.1 Å². The van der Waals surface area contributed by atoms with E-state index in [2.05, 4.69) is 31.7 Å². The molecule has 7 rings (SSSR count). The number of anilines is 2. The molecule has 3 amide bonds. The lowest BCUT2D eigenvalue weighted by atomic mass is 10.0. The van der Waals surface area contributed by atoms with Gasteiger partial charge in [0.2, 0.25) is 17.7 Å². The number of hydrogen-bond acceptors (Lipinski definition) is 11. The van der Waals surface area contributed by atoms with Gasteiger partial charge in [0.15, 0.2) is 11.6 Å². The number of nitrogens with one attached hydrogen (secondary N) is 2. The molecule has 2 atom stereocenters. The molecule has 58 heavy (non-hydrogen) atoms. The van der Waals surface area contributed by atoms with Crippen molar-refractivity contribution < 1.29 is 33.0 Å². The predicted molar refractivity (Wildman–Crippen MR) is 217 cm³/mol. The zero-order valence-electron chi connectivity index (χ0n) is 32.2. The molecule has 3 aliphatic rings. The van der Waals surface area contributed by atoms with Crippen LogP contribution in [0.4, 0.5) is 15.9 Å². The molecule has 0 aliphatic carbocycles. The molecule has 2 fully saturated rings. The number of amides is 3. The van der Waals surface area contributed by atoms with Crippen LogP contribution in [0.3, 0.4) is 0 Å². The van der Waals surface area contributed by atoms with Gasteiger partial charge in [-0.2, -0.15) is 5.10 Å². The Morgan fingerprint density at radius 1 is 1.03 bits per heavy atom. The molecule has 4 aromatic rings. The Hall–Kier alpha value is -4.80. The van der Waals surface area contributed by atoms with Crippen molar-refractivity contribution >= 4 is 52.4 Å². The highest BCUT2D eigenvalue weighted by molar-refractivity contribution is 6.36. The molecule has 0 spiro atoms. The third-order valence-electron chi connectivity index (χ3n) is 10.9. The fourth-order valence-corrected chi connectivity index (χ4v) is 8.38. The first-order valence-corrected chi connectivity index (χ1v) is 20.3. The van der Waals surface area contributed by atoms with E-state index in [-0.39, 0.29) is 45.7 Å². The largest absolute Gasteiger partial charge is 0.482 e. The summed E-state index contributed by atoms with van der Waals surface area (Å²) in [5.74, 6) is -0.478. The summed E-state index contributed by atoms with van der Waals surface area (Å²) in [6.07, 6.45) is 7.38. The van der Waals surface area contributed by atoms with Crippen LogP contribution in [-0.2, 0) is 36.9 Å². The van der Waals surface area contributed by atoms with Crippen molar-refractivity contribution in [3.8, 4) is 16.9 Å². The van der Waals surface area contributed by atoms with Crippen molar-refractivity contribution in [2.45, 2.75) is 70.3 Å². The molecule has 2 aromatic carbocycles. The summed E-state index contributed by atoms with van der Waals surface area (Å²) in [4.78, 5) is 45.2. The highest BCUT2D eigenvalue weighted by Crippen LogP contribution is 2.37. The standard InChI is InChI=1S/C41H47Cl2FN8O6/c1-25(38-31(42)5-6-32(44)39(38)43)58-35-19-27(20-47-40(35)45)28-21-48-52(23-28)29-9-13-50(14-10-29)37(54)11-15-56-17-18-57-16-12-46-33-4-2-3-26-22-51(24-30(26)33)34-7-8-36(53)49-41(34)55/h2-6,19-21,23,25,29,34,46H,7-18,22,24H2,1H3,(H2,45,47)(H,49,53,55)/t25-,34?/m1/s1. The zero-order chi connectivity index (χ0) is 40.8. The Morgan fingerprint density at radius 3 is 2.62 bits per heavy atom. The number of piperidine rings is 2. The maximum Gasteiger partial charge on any atom is 0.243 e. The van der Waals surface area contributed by atoms with E-state index in [1.54, 1.807) is 25.4 Å². The number of aromatic nitrogens is 3. The van der Waals surface area contributed by atoms with Crippen molar-refractivity contribution in [1.29, 1.82) is 0 Å². The number of nitrogens with two attached hydrogens (primary N) is 1. The summed E-state index contributed by atoms with van der Waals surface area (Å²) in [6.45, 7) is 6.52. The van der Waals surface area contributed by atoms with Crippen molar-refractivity contribution in [2.75, 3.05) is 57.1 Å². The first-order chi connectivity index (χ1) is 28.0. The predicted octanol–water partition coefficient (Wildman–Crippen LogP) is 5.93. The van der Waals surface area contributed by atoms with Gasteiger partial charge in [-0.3, -0.25) is 29.3 Å². The summed E-state index contributed by atoms with van der Waals surface area (Å²) < 4.78 is 33.6. The number of likely N-dealkylation sites (tertiary alicyclic amines) is 1. The number of carbonyl (C=O) groups excluding carboxylic acids is 3. The number of nitrogens with zero attached hydrogens (tertiary/aromatic N) is 5. The molecular weight excluding hydrogens is 790 g/mol. The van der Waals surface area contributed by atoms with Crippen molar-refractivity contribution in [2.24, 2.45) is 0 Å². The number of pyridine rings is 1. The van der Waals surface area contributed by atoms with Crippen molar-refractivity contribution in [3.63, 3.8) is 0 Å². The lowest BCUT2D eigenvalue weighted by molar-refractivity contribution is -0.138. The molecule has 0 saturated carbocycles. The number of halogens is 3. The fraction of sp³-hybridized carbons (Fsp3) is 0.439. The first-order valence-electron chi connectivity index (χ1n) is 19.5. The van der Waals surface area contributed by atoms with Crippen LogP contribution < -0.4 is 21.1 Å². The summed E-state index contributed by atoms with van der Waals surface area (Å²) in [5.41, 5.74) is 11.4. The monoisotopic (exact) mass is 836 g/mol. The highest BCUT2D eigenvalue weighted by atomic mass is 35.5. The van der Waals surface area contributed by atoms with Gasteiger partial charge in [0.05, 0.1) is 56.2 Å². The van der Waals surface area contributed by atoms with Crippen molar-refractivity contribution in [1.82, 2.24) is 29.9 Å². The maximum absolute atomic E-state index is 14.1. The minimum Gasteiger partial charge on any atom is -0.482 e. The molecule has 17 heteroatoms. The molecular formula is C41H47Cl2FN8O6. The summed E-state index contributed by atoms with van der Waals surface area (Å²) in [6, 6.07) is 10.3. The van der Waals surface area contributed by atoms with E-state index in [1.807, 2.05) is 27.9 Å². The molecule has 308 valence electrons. The molecule has 2 saturated heterocycles. The lowest BCUT2D eigenvalue weighted by Crippen LogP contribution is -2.50. The Balaban J connectivity index is 0.779. The van der Waals surface area contributed by atoms with Gasteiger partial charge in [0.1, 0.15) is 11.9 Å². The van der Waals surface area contributed by atoms with E-state index in [0.29, 0.717) is 89.7 Å². The smallest absolute Gasteiger partial charge is 0.243 e. The molecule has 14 nitrogen and oxygen atoms in total. The van der Waals surface area contributed by atoms with Gasteiger partial charge in [-0.25, -0.2) is 9.37 Å². The Kier molecular flexibility index (Phi) is 13.4. The molecule has 1 unspecified atom stereocenters. The fourth-order valence-electron chi connectivity index (χ4n) is 7.70. The normalized spacial score (nSPS) is 17.9. The summed E-state index contributed by atoms with van der Waals surface area (Å²) >= 11 is 12.5. The number of benzene rings is 2. The summed E-state index contributed by atoms with van der Waals surface area (Å²) in [5, 5.41) is 10.7. The van der Waals surface area contributed by atoms with E-state index in [0.717, 1.165) is 29.7 Å².